The fourth-order valence-corrected chi connectivity index (χ4v) is 3.30. The van der Waals surface area contributed by atoms with Crippen molar-refractivity contribution in [1.29, 1.82) is 0 Å². The van der Waals surface area contributed by atoms with Gasteiger partial charge in [-0.15, -0.1) is 0 Å². The first-order valence-electron chi connectivity index (χ1n) is 8.53. The summed E-state index contributed by atoms with van der Waals surface area (Å²) in [7, 11) is 0. The number of nitrogens with one attached hydrogen (secondary N) is 1. The summed E-state index contributed by atoms with van der Waals surface area (Å²) in [6, 6.07) is 11.0. The zero-order valence-electron chi connectivity index (χ0n) is 13.5. The van der Waals surface area contributed by atoms with E-state index in [1.165, 1.54) is 41.7 Å². The highest BCUT2D eigenvalue weighted by atomic mass is 15.3. The Bertz CT molecular complexity index is 573. The zero-order valence-corrected chi connectivity index (χ0v) is 13.5. The molecule has 22 heavy (non-hydrogen) atoms. The minimum Gasteiger partial charge on any atom is -0.302 e. The van der Waals surface area contributed by atoms with Crippen LogP contribution in [0, 0.1) is 0 Å². The maximum atomic E-state index is 4.74. The number of hydrogen-bond acceptors (Lipinski definition) is 2. The average Bonchev–Trinajstić information content (AvgIpc) is 2.98. The van der Waals surface area contributed by atoms with Gasteiger partial charge in [-0.25, -0.2) is 0 Å². The first-order chi connectivity index (χ1) is 10.8. The van der Waals surface area contributed by atoms with Crippen molar-refractivity contribution in [1.82, 2.24) is 5.43 Å². The van der Waals surface area contributed by atoms with E-state index in [1.54, 1.807) is 0 Å². The van der Waals surface area contributed by atoms with Crippen LogP contribution >= 0.6 is 0 Å². The summed E-state index contributed by atoms with van der Waals surface area (Å²) in [5, 5.41) is 4.74. The molecular formula is C20H26N2. The number of nitrogens with zero attached hydrogens (tertiary/aromatic N) is 1. The third-order valence-electron chi connectivity index (χ3n) is 4.60. The highest BCUT2D eigenvalue weighted by molar-refractivity contribution is 5.84. The van der Waals surface area contributed by atoms with Gasteiger partial charge in [0.1, 0.15) is 0 Å². The van der Waals surface area contributed by atoms with Gasteiger partial charge in [-0.05, 0) is 51.0 Å². The number of hydrazone groups is 1. The molecule has 1 fully saturated rings. The van der Waals surface area contributed by atoms with E-state index >= 15 is 0 Å². The van der Waals surface area contributed by atoms with E-state index in [9.17, 15) is 0 Å². The van der Waals surface area contributed by atoms with Gasteiger partial charge in [0.25, 0.3) is 0 Å². The van der Waals surface area contributed by atoms with Crippen LogP contribution in [-0.4, -0.2) is 5.71 Å². The molecule has 3 rings (SSSR count). The molecule has 1 unspecified atom stereocenters. The number of rotatable bonds is 5. The van der Waals surface area contributed by atoms with Gasteiger partial charge in [0.05, 0.1) is 6.04 Å². The average molecular weight is 294 g/mol. The van der Waals surface area contributed by atoms with E-state index in [0.717, 1.165) is 25.7 Å². The van der Waals surface area contributed by atoms with E-state index < -0.39 is 0 Å². The van der Waals surface area contributed by atoms with Crippen LogP contribution in [0.5, 0.6) is 0 Å². The fraction of sp³-hybridized carbons (Fsp3) is 0.450. The van der Waals surface area contributed by atoms with Crippen molar-refractivity contribution in [3.05, 3.63) is 59.2 Å². The highest BCUT2D eigenvalue weighted by Crippen LogP contribution is 2.28. The fourth-order valence-electron chi connectivity index (χ4n) is 3.30. The second-order valence-electron chi connectivity index (χ2n) is 6.49. The molecule has 0 aromatic heterocycles. The van der Waals surface area contributed by atoms with Crippen LogP contribution in [0.2, 0.25) is 0 Å². The van der Waals surface area contributed by atoms with Crippen molar-refractivity contribution in [3.8, 4) is 0 Å². The molecule has 0 spiro atoms. The molecule has 116 valence electrons. The van der Waals surface area contributed by atoms with Crippen molar-refractivity contribution in [2.75, 3.05) is 0 Å². The maximum Gasteiger partial charge on any atom is 0.0726 e. The minimum atomic E-state index is 0.279. The lowest BCUT2D eigenvalue weighted by Crippen LogP contribution is -2.19. The standard InChI is InChI=1S/C20H26N2/c1-16-12-13-17(14-16)15-20(18-8-4-2-5-9-18)22-21-19-10-6-3-7-11-19/h2,4-5,8-9,12,14,20,22H,3,6-7,10-11,13,15H2,1H3. The second kappa shape index (κ2) is 7.44. The molecule has 1 aromatic rings. The molecule has 0 bridgehead atoms. The second-order valence-corrected chi connectivity index (χ2v) is 6.49. The van der Waals surface area contributed by atoms with Crippen LogP contribution in [0.4, 0.5) is 0 Å². The van der Waals surface area contributed by atoms with Gasteiger partial charge in [0, 0.05) is 5.71 Å². The molecule has 2 heteroatoms. The van der Waals surface area contributed by atoms with Crippen molar-refractivity contribution < 1.29 is 0 Å². The molecule has 1 aromatic carbocycles. The van der Waals surface area contributed by atoms with Gasteiger partial charge in [0.2, 0.25) is 0 Å². The molecule has 0 radical (unpaired) electrons. The third kappa shape index (κ3) is 4.09. The summed E-state index contributed by atoms with van der Waals surface area (Å²) in [6.07, 6.45) is 13.0. The maximum absolute atomic E-state index is 4.74. The lowest BCUT2D eigenvalue weighted by Gasteiger charge is -2.20. The Morgan fingerprint density at radius 2 is 1.86 bits per heavy atom. The third-order valence-corrected chi connectivity index (χ3v) is 4.60. The quantitative estimate of drug-likeness (QED) is 0.732. The Balaban J connectivity index is 1.70. The van der Waals surface area contributed by atoms with Crippen LogP contribution in [0.1, 0.15) is 63.5 Å². The molecule has 1 saturated carbocycles. The summed E-state index contributed by atoms with van der Waals surface area (Å²) in [6.45, 7) is 2.18. The summed E-state index contributed by atoms with van der Waals surface area (Å²) in [5.74, 6) is 0. The van der Waals surface area contributed by atoms with Crippen molar-refractivity contribution >= 4 is 5.71 Å². The Labute approximate surface area is 134 Å². The molecule has 0 amide bonds. The molecule has 1 N–H and O–H groups in total. The Morgan fingerprint density at radius 1 is 1.09 bits per heavy atom. The van der Waals surface area contributed by atoms with Crippen LogP contribution in [0.3, 0.4) is 0 Å². The molecule has 1 atom stereocenters. The van der Waals surface area contributed by atoms with E-state index in [-0.39, 0.29) is 6.04 Å². The van der Waals surface area contributed by atoms with Gasteiger partial charge in [-0.3, -0.25) is 0 Å². The van der Waals surface area contributed by atoms with Gasteiger partial charge in [-0.1, -0.05) is 60.1 Å². The predicted molar refractivity (Wildman–Crippen MR) is 93.9 cm³/mol. The highest BCUT2D eigenvalue weighted by Gasteiger charge is 2.15. The van der Waals surface area contributed by atoms with E-state index in [2.05, 4.69) is 54.8 Å². The molecule has 2 nitrogen and oxygen atoms in total. The molecule has 2 aliphatic rings. The zero-order chi connectivity index (χ0) is 15.2. The summed E-state index contributed by atoms with van der Waals surface area (Å²) >= 11 is 0. The van der Waals surface area contributed by atoms with Gasteiger partial charge in [0.15, 0.2) is 0 Å². The van der Waals surface area contributed by atoms with Crippen LogP contribution in [0.15, 0.2) is 58.7 Å². The minimum absolute atomic E-state index is 0.279. The Kier molecular flexibility index (Phi) is 5.10. The van der Waals surface area contributed by atoms with Crippen molar-refractivity contribution in [2.24, 2.45) is 5.10 Å². The lowest BCUT2D eigenvalue weighted by molar-refractivity contribution is 0.541. The number of allylic oxidation sites excluding steroid dienone is 3. The first-order valence-corrected chi connectivity index (χ1v) is 8.53. The summed E-state index contributed by atoms with van der Waals surface area (Å²) in [4.78, 5) is 0. The van der Waals surface area contributed by atoms with Gasteiger partial charge < -0.3 is 5.43 Å². The Hall–Kier alpha value is -1.83. The topological polar surface area (TPSA) is 24.4 Å². The smallest absolute Gasteiger partial charge is 0.0726 e. The Morgan fingerprint density at radius 3 is 2.55 bits per heavy atom. The van der Waals surface area contributed by atoms with Gasteiger partial charge >= 0.3 is 0 Å². The van der Waals surface area contributed by atoms with Crippen LogP contribution in [0.25, 0.3) is 0 Å². The van der Waals surface area contributed by atoms with E-state index in [4.69, 9.17) is 5.10 Å². The lowest BCUT2D eigenvalue weighted by atomic mass is 9.98. The number of benzene rings is 1. The molecule has 0 heterocycles. The van der Waals surface area contributed by atoms with Crippen LogP contribution in [-0.2, 0) is 0 Å². The predicted octanol–water partition coefficient (Wildman–Crippen LogP) is 5.30. The molecular weight excluding hydrogens is 268 g/mol. The molecule has 2 aliphatic carbocycles. The van der Waals surface area contributed by atoms with Crippen molar-refractivity contribution in [3.63, 3.8) is 0 Å². The first kappa shape index (κ1) is 15.1. The molecule has 0 aliphatic heterocycles. The summed E-state index contributed by atoms with van der Waals surface area (Å²) < 4.78 is 0. The monoisotopic (exact) mass is 294 g/mol. The molecule has 0 saturated heterocycles. The number of hydrogen-bond donors (Lipinski definition) is 1. The van der Waals surface area contributed by atoms with E-state index in [1.807, 2.05) is 0 Å². The summed E-state index contributed by atoms with van der Waals surface area (Å²) in [5.41, 5.74) is 9.04. The largest absolute Gasteiger partial charge is 0.302 e. The van der Waals surface area contributed by atoms with Crippen molar-refractivity contribution in [2.45, 2.75) is 57.9 Å². The van der Waals surface area contributed by atoms with E-state index in [0.29, 0.717) is 0 Å². The normalized spacial score (nSPS) is 19.4. The SMILES string of the molecule is CC1=CCC(CC(NN=C2CCCCC2)c2ccccc2)=C1. The van der Waals surface area contributed by atoms with Crippen LogP contribution < -0.4 is 5.43 Å². The van der Waals surface area contributed by atoms with Gasteiger partial charge in [-0.2, -0.15) is 5.10 Å².